The molecule has 3 heterocycles. The highest BCUT2D eigenvalue weighted by atomic mass is 32.1. The fourth-order valence-corrected chi connectivity index (χ4v) is 5.20. The van der Waals surface area contributed by atoms with Crippen LogP contribution < -0.4 is 0 Å². The van der Waals surface area contributed by atoms with Crippen molar-refractivity contribution in [3.8, 4) is 28.7 Å². The van der Waals surface area contributed by atoms with Crippen LogP contribution in [-0.2, 0) is 0 Å². The van der Waals surface area contributed by atoms with E-state index in [0.29, 0.717) is 0 Å². The molecule has 8 aromatic rings. The zero-order chi connectivity index (χ0) is 42.5. The number of aromatic nitrogens is 4. The summed E-state index contributed by atoms with van der Waals surface area (Å²) in [5.41, 5.74) is -2.05. The maximum atomic E-state index is 9.32. The molecule has 5 aromatic carbocycles. The largest absolute Gasteiger partial charge is 0.278 e. The predicted octanol–water partition coefficient (Wildman–Crippen LogP) is 8.67. The second-order valence-electron chi connectivity index (χ2n) is 7.83. The maximum Gasteiger partial charge on any atom is 0.238 e. The van der Waals surface area contributed by atoms with Crippen LogP contribution in [0.3, 0.4) is 0 Å². The van der Waals surface area contributed by atoms with Gasteiger partial charge in [0, 0.05) is 42.1 Å². The lowest BCUT2D eigenvalue weighted by molar-refractivity contribution is 0.953. The highest BCUT2D eigenvalue weighted by molar-refractivity contribution is 7.26. The Kier molecular flexibility index (Phi) is 2.07. The van der Waals surface area contributed by atoms with E-state index in [1.807, 2.05) is 0 Å². The number of para-hydroxylation sites is 1. The molecule has 0 aliphatic heterocycles. The summed E-state index contributed by atoms with van der Waals surface area (Å²) in [7, 11) is 0. The summed E-state index contributed by atoms with van der Waals surface area (Å²) in [4.78, 5) is 13.1. The molecule has 0 saturated carbocycles. The number of fused-ring (bicyclic) bond motifs is 7. The second kappa shape index (κ2) is 8.33. The summed E-state index contributed by atoms with van der Waals surface area (Å²) in [5, 5.41) is -0.613. The van der Waals surface area contributed by atoms with Crippen molar-refractivity contribution in [1.82, 2.24) is 19.5 Å². The number of thiophene rings is 1. The maximum absolute atomic E-state index is 9.32. The van der Waals surface area contributed by atoms with Crippen molar-refractivity contribution in [3.63, 3.8) is 0 Å². The minimum absolute atomic E-state index is 0.00440. The third-order valence-electron chi connectivity index (χ3n) is 5.75. The van der Waals surface area contributed by atoms with Gasteiger partial charge in [-0.05, 0) is 24.2 Å². The topological polar surface area (TPSA) is 43.6 Å². The summed E-state index contributed by atoms with van der Waals surface area (Å²) >= 11 is 0.780. The van der Waals surface area contributed by atoms with Crippen molar-refractivity contribution in [1.29, 1.82) is 0 Å². The molecule has 0 unspecified atom stereocenters. The Labute approximate surface area is 250 Å². The highest BCUT2D eigenvalue weighted by Gasteiger charge is 2.20. The molecule has 0 amide bonds. The molecule has 0 radical (unpaired) electrons. The summed E-state index contributed by atoms with van der Waals surface area (Å²) < 4.78 is 173. The first-order chi connectivity index (χ1) is 27.1. The number of hydrogen-bond acceptors (Lipinski definition) is 4. The Bertz CT molecular complexity index is 3100. The lowest BCUT2D eigenvalue weighted by atomic mass is 10.1. The third-order valence-corrected chi connectivity index (χ3v) is 6.77. The fraction of sp³-hybridized carbons (Fsp3) is 0. The molecule has 0 spiro atoms. The minimum atomic E-state index is -0.811. The van der Waals surface area contributed by atoms with Gasteiger partial charge in [-0.15, -0.1) is 11.3 Å². The van der Waals surface area contributed by atoms with Crippen molar-refractivity contribution in [2.75, 3.05) is 0 Å². The van der Waals surface area contributed by atoms with Crippen LogP contribution in [0.15, 0.2) is 121 Å². The third kappa shape index (κ3) is 3.19. The Hall–Kier alpha value is -4.87. The highest BCUT2D eigenvalue weighted by Crippen LogP contribution is 2.43. The van der Waals surface area contributed by atoms with E-state index in [0.717, 1.165) is 15.9 Å². The SMILES string of the molecule is [2H]c1c([2H])c([2H])c(-c2nc(-c3c([2H])c([2H])c([2H])c([2H])c3[2H])nc(-n3c4c([2H])c([2H])c([2H])c([2H])c4c4c5c(sc6c([2H])c([2H])c([2H])c([2H])c65)c([2H])c([2H])c43)n2)c([2H])c1[2H]. The zero-order valence-electron chi connectivity index (χ0n) is 38.7. The van der Waals surface area contributed by atoms with Gasteiger partial charge in [0.05, 0.1) is 38.4 Å². The van der Waals surface area contributed by atoms with Crippen molar-refractivity contribution in [3.05, 3.63) is 121 Å². The molecule has 4 nitrogen and oxygen atoms in total. The standard InChI is InChI=1S/C33H20N4S/c1-3-11-21(12-4-1)31-34-32(22-13-5-2-6-14-22)36-33(35-31)37-25-17-9-7-15-23(25)29-26(37)19-20-28-30(29)24-16-8-10-18-27(24)38-28/h1-20H/i1D,2D,3D,4D,5D,6D,7D,8D,9D,10D,11D,12D,13D,14D,15D,16D,17D,18D,19D,20D. The average Bonchev–Trinajstić information content (AvgIpc) is 3.77. The van der Waals surface area contributed by atoms with E-state index in [1.54, 1.807) is 0 Å². The van der Waals surface area contributed by atoms with E-state index in [1.165, 1.54) is 0 Å². The van der Waals surface area contributed by atoms with Gasteiger partial charge in [-0.1, -0.05) is 96.7 Å². The summed E-state index contributed by atoms with van der Waals surface area (Å²) in [6.07, 6.45) is 0. The monoisotopic (exact) mass is 524 g/mol. The van der Waals surface area contributed by atoms with Crippen LogP contribution >= 0.6 is 11.3 Å². The van der Waals surface area contributed by atoms with Crippen LogP contribution in [0.4, 0.5) is 0 Å². The van der Waals surface area contributed by atoms with E-state index < -0.39 is 155 Å². The van der Waals surface area contributed by atoms with Crippen molar-refractivity contribution < 1.29 is 27.4 Å². The van der Waals surface area contributed by atoms with E-state index >= 15 is 0 Å². The van der Waals surface area contributed by atoms with Crippen LogP contribution in [0.2, 0.25) is 0 Å². The molecule has 0 atom stereocenters. The minimum Gasteiger partial charge on any atom is -0.278 e. The van der Waals surface area contributed by atoms with E-state index in [-0.39, 0.29) is 36.5 Å². The molecule has 178 valence electrons. The molecule has 0 saturated heterocycles. The molecule has 0 aliphatic rings. The van der Waals surface area contributed by atoms with Gasteiger partial charge in [-0.2, -0.15) is 9.97 Å². The molecule has 8 rings (SSSR count). The van der Waals surface area contributed by atoms with Crippen LogP contribution in [0.1, 0.15) is 27.4 Å². The quantitative estimate of drug-likeness (QED) is 0.232. The van der Waals surface area contributed by atoms with Gasteiger partial charge in [0.1, 0.15) is 0 Å². The van der Waals surface area contributed by atoms with Gasteiger partial charge in [0.2, 0.25) is 5.95 Å². The number of nitrogens with zero attached hydrogens (tertiary/aromatic N) is 4. The van der Waals surface area contributed by atoms with Gasteiger partial charge in [-0.3, -0.25) is 4.57 Å². The second-order valence-corrected chi connectivity index (χ2v) is 8.85. The molecular weight excluding hydrogens is 484 g/mol. The molecule has 3 aromatic heterocycles. The Morgan fingerprint density at radius 3 is 1.82 bits per heavy atom. The molecule has 0 bridgehead atoms. The smallest absolute Gasteiger partial charge is 0.238 e. The number of rotatable bonds is 3. The fourth-order valence-electron chi connectivity index (χ4n) is 4.23. The molecule has 0 aliphatic carbocycles. The van der Waals surface area contributed by atoms with E-state index in [2.05, 4.69) is 15.0 Å². The molecule has 5 heteroatoms. The number of benzene rings is 5. The van der Waals surface area contributed by atoms with Crippen LogP contribution in [0, 0.1) is 0 Å². The normalized spacial score (nSPS) is 19.1. The molecule has 38 heavy (non-hydrogen) atoms. The van der Waals surface area contributed by atoms with Crippen LogP contribution in [0.25, 0.3) is 70.7 Å². The zero-order valence-corrected chi connectivity index (χ0v) is 19.5. The van der Waals surface area contributed by atoms with Gasteiger partial charge in [0.25, 0.3) is 0 Å². The van der Waals surface area contributed by atoms with Gasteiger partial charge in [0.15, 0.2) is 11.6 Å². The van der Waals surface area contributed by atoms with Crippen molar-refractivity contribution in [2.45, 2.75) is 0 Å². The number of hydrogen-bond donors (Lipinski definition) is 0. The molecule has 0 fully saturated rings. The predicted molar refractivity (Wildman–Crippen MR) is 158 cm³/mol. The first kappa shape index (κ1) is 9.46. The van der Waals surface area contributed by atoms with Crippen LogP contribution in [0.5, 0.6) is 0 Å². The van der Waals surface area contributed by atoms with Crippen molar-refractivity contribution in [2.24, 2.45) is 0 Å². The van der Waals surface area contributed by atoms with Crippen molar-refractivity contribution >= 4 is 53.3 Å². The van der Waals surface area contributed by atoms with E-state index in [9.17, 15) is 1.37 Å². The average molecular weight is 525 g/mol. The lowest BCUT2D eigenvalue weighted by Gasteiger charge is -2.10. The Balaban J connectivity index is 1.68. The first-order valence-electron chi connectivity index (χ1n) is 20.9. The van der Waals surface area contributed by atoms with Gasteiger partial charge in [-0.25, -0.2) is 4.98 Å². The summed E-state index contributed by atoms with van der Waals surface area (Å²) in [6, 6.07) is -14.3. The Morgan fingerprint density at radius 1 is 0.500 bits per heavy atom. The van der Waals surface area contributed by atoms with Crippen LogP contribution in [-0.4, -0.2) is 19.5 Å². The Morgan fingerprint density at radius 2 is 1.11 bits per heavy atom. The lowest BCUT2D eigenvalue weighted by Crippen LogP contribution is -2.06. The van der Waals surface area contributed by atoms with Gasteiger partial charge < -0.3 is 0 Å². The van der Waals surface area contributed by atoms with E-state index in [4.69, 9.17) is 26.0 Å². The first-order valence-corrected chi connectivity index (χ1v) is 11.7. The molecular formula is C33H20N4S. The summed E-state index contributed by atoms with van der Waals surface area (Å²) in [5.74, 6) is -2.10. The van der Waals surface area contributed by atoms with Gasteiger partial charge >= 0.3 is 0 Å². The molecule has 0 N–H and O–H groups in total. The summed E-state index contributed by atoms with van der Waals surface area (Å²) in [6.45, 7) is 0.